The second-order valence-corrected chi connectivity index (χ2v) is 3.94. The van der Waals surface area contributed by atoms with Gasteiger partial charge in [-0.2, -0.15) is 0 Å². The third-order valence-electron chi connectivity index (χ3n) is 1.99. The van der Waals surface area contributed by atoms with Gasteiger partial charge < -0.3 is 4.74 Å². The average molecular weight is 222 g/mol. The van der Waals surface area contributed by atoms with Gasteiger partial charge in [-0.1, -0.05) is 18.7 Å². The van der Waals surface area contributed by atoms with Crippen molar-refractivity contribution in [2.45, 2.75) is 24.8 Å². The van der Waals surface area contributed by atoms with Crippen molar-refractivity contribution >= 4 is 18.6 Å². The van der Waals surface area contributed by atoms with E-state index in [1.807, 2.05) is 31.2 Å². The van der Waals surface area contributed by atoms with Crippen molar-refractivity contribution in [1.29, 1.82) is 0 Å². The van der Waals surface area contributed by atoms with E-state index in [-0.39, 0.29) is 12.1 Å². The van der Waals surface area contributed by atoms with Crippen LogP contribution >= 0.6 is 12.6 Å². The summed E-state index contributed by atoms with van der Waals surface area (Å²) in [6, 6.07) is 7.50. The molecule has 2 nitrogen and oxygen atoms in total. The fourth-order valence-electron chi connectivity index (χ4n) is 1.07. The molecule has 0 spiro atoms. The number of benzene rings is 1. The molecule has 0 saturated carbocycles. The quantitative estimate of drug-likeness (QED) is 0.483. The van der Waals surface area contributed by atoms with Gasteiger partial charge in [-0.15, -0.1) is 12.6 Å². The number of hydrogen-bond acceptors (Lipinski definition) is 3. The lowest BCUT2D eigenvalue weighted by Gasteiger charge is -2.13. The number of carbonyl (C=O) groups excluding carboxylic acids is 1. The third kappa shape index (κ3) is 3.44. The number of carbonyl (C=O) groups is 1. The van der Waals surface area contributed by atoms with Gasteiger partial charge in [-0.05, 0) is 31.5 Å². The Morgan fingerprint density at radius 1 is 1.40 bits per heavy atom. The van der Waals surface area contributed by atoms with Crippen molar-refractivity contribution in [3.63, 3.8) is 0 Å². The Labute approximate surface area is 95.4 Å². The Bertz CT molecular complexity index is 368. The van der Waals surface area contributed by atoms with Gasteiger partial charge in [-0.3, -0.25) is 0 Å². The largest absolute Gasteiger partial charge is 0.454 e. The molecule has 1 atom stereocenters. The second-order valence-electron chi connectivity index (χ2n) is 3.42. The molecule has 1 aromatic carbocycles. The summed E-state index contributed by atoms with van der Waals surface area (Å²) in [5.74, 6) is -0.363. The van der Waals surface area contributed by atoms with Crippen LogP contribution in [0.25, 0.3) is 0 Å². The van der Waals surface area contributed by atoms with Crippen molar-refractivity contribution in [2.24, 2.45) is 0 Å². The highest BCUT2D eigenvalue weighted by Crippen LogP contribution is 2.19. The van der Waals surface area contributed by atoms with Gasteiger partial charge in [0.1, 0.15) is 6.10 Å². The molecule has 0 bridgehead atoms. The summed E-state index contributed by atoms with van der Waals surface area (Å²) >= 11 is 4.18. The lowest BCUT2D eigenvalue weighted by molar-refractivity contribution is -0.143. The van der Waals surface area contributed by atoms with Crippen LogP contribution in [0.15, 0.2) is 41.3 Å². The first-order valence-corrected chi connectivity index (χ1v) is 5.11. The molecule has 1 unspecified atom stereocenters. The molecule has 3 heteroatoms. The number of hydrogen-bond donors (Lipinski definition) is 1. The maximum absolute atomic E-state index is 11.3. The molecule has 0 aliphatic heterocycles. The van der Waals surface area contributed by atoms with Crippen LogP contribution < -0.4 is 0 Å². The zero-order chi connectivity index (χ0) is 11.4. The molecular formula is C12H14O2S. The standard InChI is InChI=1S/C12H14O2S/c1-8(2)12(13)14-9(3)10-4-6-11(15)7-5-10/h4-7,9,15H,1H2,2-3H3. The van der Waals surface area contributed by atoms with Crippen LogP contribution in [0.4, 0.5) is 0 Å². The Balaban J connectivity index is 2.69. The Kier molecular flexibility index (Phi) is 3.97. The van der Waals surface area contributed by atoms with Crippen molar-refractivity contribution in [1.82, 2.24) is 0 Å². The average Bonchev–Trinajstić information content (AvgIpc) is 2.18. The minimum atomic E-state index is -0.363. The SMILES string of the molecule is C=C(C)C(=O)OC(C)c1ccc(S)cc1. The molecule has 0 radical (unpaired) electrons. The molecule has 1 aromatic rings. The third-order valence-corrected chi connectivity index (χ3v) is 2.29. The van der Waals surface area contributed by atoms with E-state index in [0.29, 0.717) is 5.57 Å². The predicted molar refractivity (Wildman–Crippen MR) is 63.0 cm³/mol. The van der Waals surface area contributed by atoms with Crippen LogP contribution in [0.1, 0.15) is 25.5 Å². The highest BCUT2D eigenvalue weighted by Gasteiger charge is 2.11. The van der Waals surface area contributed by atoms with E-state index in [4.69, 9.17) is 4.74 Å². The summed E-state index contributed by atoms with van der Waals surface area (Å²) in [5.41, 5.74) is 1.36. The van der Waals surface area contributed by atoms with Gasteiger partial charge >= 0.3 is 5.97 Å². The maximum atomic E-state index is 11.3. The van der Waals surface area contributed by atoms with Gasteiger partial charge in [-0.25, -0.2) is 4.79 Å². The summed E-state index contributed by atoms with van der Waals surface area (Å²) in [6.45, 7) is 6.99. The fourth-order valence-corrected chi connectivity index (χ4v) is 1.22. The van der Waals surface area contributed by atoms with Gasteiger partial charge in [0.15, 0.2) is 0 Å². The van der Waals surface area contributed by atoms with Crippen molar-refractivity contribution in [3.05, 3.63) is 42.0 Å². The number of thiol groups is 1. The summed E-state index contributed by atoms with van der Waals surface area (Å²) in [5, 5.41) is 0. The minimum Gasteiger partial charge on any atom is -0.454 e. The second kappa shape index (κ2) is 5.03. The Morgan fingerprint density at radius 2 is 1.93 bits per heavy atom. The van der Waals surface area contributed by atoms with Gasteiger partial charge in [0, 0.05) is 10.5 Å². The lowest BCUT2D eigenvalue weighted by Crippen LogP contribution is -2.09. The van der Waals surface area contributed by atoms with Crippen LogP contribution in [0.3, 0.4) is 0 Å². The van der Waals surface area contributed by atoms with Gasteiger partial charge in [0.2, 0.25) is 0 Å². The van der Waals surface area contributed by atoms with E-state index >= 15 is 0 Å². The highest BCUT2D eigenvalue weighted by atomic mass is 32.1. The molecule has 0 aromatic heterocycles. The van der Waals surface area contributed by atoms with Gasteiger partial charge in [0.05, 0.1) is 0 Å². The maximum Gasteiger partial charge on any atom is 0.333 e. The molecule has 0 amide bonds. The number of esters is 1. The molecule has 0 saturated heterocycles. The van der Waals surface area contributed by atoms with Crippen molar-refractivity contribution < 1.29 is 9.53 Å². The first kappa shape index (κ1) is 11.9. The molecule has 0 aliphatic rings. The lowest BCUT2D eigenvalue weighted by atomic mass is 10.1. The first-order chi connectivity index (χ1) is 7.00. The van der Waals surface area contributed by atoms with Crippen LogP contribution in [-0.4, -0.2) is 5.97 Å². The first-order valence-electron chi connectivity index (χ1n) is 4.66. The zero-order valence-electron chi connectivity index (χ0n) is 8.86. The number of rotatable bonds is 3. The summed E-state index contributed by atoms with van der Waals surface area (Å²) in [4.78, 5) is 12.1. The highest BCUT2D eigenvalue weighted by molar-refractivity contribution is 7.80. The summed E-state index contributed by atoms with van der Waals surface area (Å²) < 4.78 is 5.17. The number of ether oxygens (including phenoxy) is 1. The van der Waals surface area contributed by atoms with Crippen LogP contribution in [0, 0.1) is 0 Å². The van der Waals surface area contributed by atoms with E-state index in [1.54, 1.807) is 6.92 Å². The van der Waals surface area contributed by atoms with Crippen LogP contribution in [0.5, 0.6) is 0 Å². The topological polar surface area (TPSA) is 26.3 Å². The molecule has 0 fully saturated rings. The van der Waals surface area contributed by atoms with Crippen LogP contribution in [-0.2, 0) is 9.53 Å². The van der Waals surface area contributed by atoms with Crippen molar-refractivity contribution in [3.8, 4) is 0 Å². The smallest absolute Gasteiger partial charge is 0.333 e. The van der Waals surface area contributed by atoms with E-state index in [2.05, 4.69) is 19.2 Å². The molecule has 0 N–H and O–H groups in total. The summed E-state index contributed by atoms with van der Waals surface area (Å²) in [6.07, 6.45) is -0.261. The molecular weight excluding hydrogens is 208 g/mol. The van der Waals surface area contributed by atoms with Crippen LogP contribution in [0.2, 0.25) is 0 Å². The molecule has 15 heavy (non-hydrogen) atoms. The predicted octanol–water partition coefficient (Wildman–Crippen LogP) is 3.16. The van der Waals surface area contributed by atoms with Gasteiger partial charge in [0.25, 0.3) is 0 Å². The summed E-state index contributed by atoms with van der Waals surface area (Å²) in [7, 11) is 0. The molecule has 1 rings (SSSR count). The van der Waals surface area contributed by atoms with E-state index in [0.717, 1.165) is 10.5 Å². The van der Waals surface area contributed by atoms with E-state index in [1.165, 1.54) is 0 Å². The monoisotopic (exact) mass is 222 g/mol. The van der Waals surface area contributed by atoms with Crippen molar-refractivity contribution in [2.75, 3.05) is 0 Å². The zero-order valence-corrected chi connectivity index (χ0v) is 9.75. The molecule has 80 valence electrons. The minimum absolute atomic E-state index is 0.261. The normalized spacial score (nSPS) is 11.9. The Morgan fingerprint density at radius 3 is 2.40 bits per heavy atom. The van der Waals surface area contributed by atoms with E-state index < -0.39 is 0 Å². The Hall–Kier alpha value is -1.22. The van der Waals surface area contributed by atoms with E-state index in [9.17, 15) is 4.79 Å². The molecule has 0 heterocycles. The molecule has 0 aliphatic carbocycles. The fraction of sp³-hybridized carbons (Fsp3) is 0.250.